The summed E-state index contributed by atoms with van der Waals surface area (Å²) < 4.78 is 39.8. The quantitative estimate of drug-likeness (QED) is 0.646. The van der Waals surface area contributed by atoms with E-state index in [1.807, 2.05) is 35.2 Å². The molecule has 5 nitrogen and oxygen atoms in total. The molecule has 0 spiro atoms. The van der Waals surface area contributed by atoms with E-state index in [-0.39, 0.29) is 22.5 Å². The number of hydrogen-bond donors (Lipinski definition) is 2. The van der Waals surface area contributed by atoms with Crippen LogP contribution < -0.4 is 10.6 Å². The van der Waals surface area contributed by atoms with Crippen LogP contribution in [-0.4, -0.2) is 35.8 Å². The molecule has 32 heavy (non-hydrogen) atoms. The second kappa shape index (κ2) is 10.4. The zero-order valence-corrected chi connectivity index (χ0v) is 18.3. The van der Waals surface area contributed by atoms with Gasteiger partial charge >= 0.3 is 6.18 Å². The molecule has 2 N–H and O–H groups in total. The molecule has 0 radical (unpaired) electrons. The number of nitrogens with zero attached hydrogens (tertiary/aromatic N) is 1. The van der Waals surface area contributed by atoms with Crippen LogP contribution in [0.25, 0.3) is 0 Å². The highest BCUT2D eigenvalue weighted by Gasteiger charge is 2.35. The molecule has 1 aliphatic heterocycles. The van der Waals surface area contributed by atoms with E-state index >= 15 is 0 Å². The van der Waals surface area contributed by atoms with E-state index in [1.165, 1.54) is 6.07 Å². The first kappa shape index (κ1) is 24.1. The van der Waals surface area contributed by atoms with Crippen LogP contribution in [0, 0.1) is 5.92 Å². The number of rotatable bonds is 6. The Morgan fingerprint density at radius 2 is 1.78 bits per heavy atom. The van der Waals surface area contributed by atoms with Gasteiger partial charge in [-0.05, 0) is 56.6 Å². The standard InChI is InChI=1S/C23H25ClF3N3O2/c1-15(21(31)29-20-8-7-18(24)13-19(20)23(25,26)27)30-11-9-17(10-12-30)22(32)28-14-16-5-3-2-4-6-16/h2-8,13,15,17H,9-12,14H2,1H3,(H,28,32)(H,29,31)/t15-/m1/s1. The molecule has 1 heterocycles. The average Bonchev–Trinajstić information content (AvgIpc) is 2.78. The molecular formula is C23H25ClF3N3O2. The molecule has 3 rings (SSSR count). The number of hydrogen-bond acceptors (Lipinski definition) is 3. The summed E-state index contributed by atoms with van der Waals surface area (Å²) in [6.45, 7) is 3.12. The third-order valence-corrected chi connectivity index (χ3v) is 5.92. The van der Waals surface area contributed by atoms with Gasteiger partial charge in [-0.25, -0.2) is 0 Å². The van der Waals surface area contributed by atoms with E-state index in [2.05, 4.69) is 10.6 Å². The van der Waals surface area contributed by atoms with Crippen LogP contribution >= 0.6 is 11.6 Å². The minimum Gasteiger partial charge on any atom is -0.352 e. The van der Waals surface area contributed by atoms with Crippen molar-refractivity contribution in [2.75, 3.05) is 18.4 Å². The Morgan fingerprint density at radius 3 is 2.41 bits per heavy atom. The lowest BCUT2D eigenvalue weighted by Crippen LogP contribution is -2.48. The molecule has 0 aliphatic carbocycles. The van der Waals surface area contributed by atoms with Gasteiger partial charge in [0.15, 0.2) is 0 Å². The van der Waals surface area contributed by atoms with Crippen molar-refractivity contribution in [1.82, 2.24) is 10.2 Å². The van der Waals surface area contributed by atoms with E-state index in [0.29, 0.717) is 32.5 Å². The minimum absolute atomic E-state index is 0.0263. The monoisotopic (exact) mass is 467 g/mol. The van der Waals surface area contributed by atoms with Gasteiger partial charge in [0.2, 0.25) is 11.8 Å². The molecule has 2 aromatic carbocycles. The Kier molecular flexibility index (Phi) is 7.79. The van der Waals surface area contributed by atoms with Crippen LogP contribution in [0.5, 0.6) is 0 Å². The van der Waals surface area contributed by atoms with Crippen molar-refractivity contribution >= 4 is 29.1 Å². The van der Waals surface area contributed by atoms with Crippen molar-refractivity contribution < 1.29 is 22.8 Å². The topological polar surface area (TPSA) is 61.4 Å². The van der Waals surface area contributed by atoms with Crippen LogP contribution in [0.4, 0.5) is 18.9 Å². The summed E-state index contributed by atoms with van der Waals surface area (Å²) in [5.74, 6) is -0.718. The molecule has 0 saturated carbocycles. The molecule has 2 amide bonds. The summed E-state index contributed by atoms with van der Waals surface area (Å²) in [5.41, 5.74) is -0.294. The molecule has 1 atom stereocenters. The fourth-order valence-corrected chi connectivity index (χ4v) is 3.91. The van der Waals surface area contributed by atoms with Crippen molar-refractivity contribution in [3.8, 4) is 0 Å². The molecule has 1 saturated heterocycles. The first-order chi connectivity index (χ1) is 15.1. The first-order valence-corrected chi connectivity index (χ1v) is 10.8. The number of carbonyl (C=O) groups excluding carboxylic acids is 2. The van der Waals surface area contributed by atoms with Crippen LogP contribution in [0.2, 0.25) is 5.02 Å². The lowest BCUT2D eigenvalue weighted by atomic mass is 9.94. The lowest BCUT2D eigenvalue weighted by Gasteiger charge is -2.34. The Morgan fingerprint density at radius 1 is 1.12 bits per heavy atom. The molecule has 0 aromatic heterocycles. The largest absolute Gasteiger partial charge is 0.418 e. The van der Waals surface area contributed by atoms with Crippen LogP contribution in [0.15, 0.2) is 48.5 Å². The first-order valence-electron chi connectivity index (χ1n) is 10.4. The normalized spacial score (nSPS) is 16.4. The number of nitrogens with one attached hydrogen (secondary N) is 2. The third-order valence-electron chi connectivity index (χ3n) is 5.68. The average molecular weight is 468 g/mol. The number of piperidine rings is 1. The SMILES string of the molecule is C[C@H](C(=O)Nc1ccc(Cl)cc1C(F)(F)F)N1CCC(C(=O)NCc2ccccc2)CC1. The Labute approximate surface area is 189 Å². The van der Waals surface area contributed by atoms with Gasteiger partial charge in [-0.15, -0.1) is 0 Å². The fourth-order valence-electron chi connectivity index (χ4n) is 3.74. The van der Waals surface area contributed by atoms with Crippen molar-refractivity contribution in [1.29, 1.82) is 0 Å². The van der Waals surface area contributed by atoms with E-state index in [9.17, 15) is 22.8 Å². The van der Waals surface area contributed by atoms with Gasteiger partial charge in [-0.3, -0.25) is 14.5 Å². The van der Waals surface area contributed by atoms with Crippen molar-refractivity contribution in [2.45, 2.75) is 38.5 Å². The summed E-state index contributed by atoms with van der Waals surface area (Å²) in [4.78, 5) is 26.9. The number of benzene rings is 2. The van der Waals surface area contributed by atoms with Crippen LogP contribution in [0.1, 0.15) is 30.9 Å². The van der Waals surface area contributed by atoms with Crippen molar-refractivity contribution in [3.05, 3.63) is 64.7 Å². The molecular weight excluding hydrogens is 443 g/mol. The number of halogens is 4. The maximum absolute atomic E-state index is 13.3. The Hall–Kier alpha value is -2.58. The number of carbonyl (C=O) groups is 2. The van der Waals surface area contributed by atoms with E-state index < -0.39 is 23.7 Å². The van der Waals surface area contributed by atoms with Crippen LogP contribution in [-0.2, 0) is 22.3 Å². The van der Waals surface area contributed by atoms with Gasteiger partial charge < -0.3 is 10.6 Å². The highest BCUT2D eigenvalue weighted by molar-refractivity contribution is 6.30. The second-order valence-corrected chi connectivity index (χ2v) is 8.30. The van der Waals surface area contributed by atoms with Gasteiger partial charge in [-0.1, -0.05) is 41.9 Å². The van der Waals surface area contributed by atoms with Gasteiger partial charge in [-0.2, -0.15) is 13.2 Å². The van der Waals surface area contributed by atoms with Gasteiger partial charge in [0.25, 0.3) is 0 Å². The number of amides is 2. The summed E-state index contributed by atoms with van der Waals surface area (Å²) in [6, 6.07) is 12.2. The van der Waals surface area contributed by atoms with Crippen LogP contribution in [0.3, 0.4) is 0 Å². The highest BCUT2D eigenvalue weighted by Crippen LogP contribution is 2.36. The van der Waals surface area contributed by atoms with Gasteiger partial charge in [0.1, 0.15) is 0 Å². The Bertz CT molecular complexity index is 945. The van der Waals surface area contributed by atoms with E-state index in [1.54, 1.807) is 6.92 Å². The molecule has 172 valence electrons. The molecule has 1 aliphatic rings. The second-order valence-electron chi connectivity index (χ2n) is 7.87. The molecule has 0 bridgehead atoms. The number of likely N-dealkylation sites (tertiary alicyclic amines) is 1. The summed E-state index contributed by atoms with van der Waals surface area (Å²) in [5, 5.41) is 5.25. The fraction of sp³-hybridized carbons (Fsp3) is 0.391. The minimum atomic E-state index is -4.64. The maximum Gasteiger partial charge on any atom is 0.418 e. The Balaban J connectivity index is 1.52. The highest BCUT2D eigenvalue weighted by atomic mass is 35.5. The summed E-state index contributed by atoms with van der Waals surface area (Å²) >= 11 is 5.69. The predicted octanol–water partition coefficient (Wildman–Crippen LogP) is 4.71. The third kappa shape index (κ3) is 6.23. The van der Waals surface area contributed by atoms with Gasteiger partial charge in [0.05, 0.1) is 17.3 Å². The molecule has 1 fully saturated rings. The molecule has 0 unspecified atom stereocenters. The molecule has 2 aromatic rings. The predicted molar refractivity (Wildman–Crippen MR) is 117 cm³/mol. The van der Waals surface area contributed by atoms with Gasteiger partial charge in [0, 0.05) is 17.5 Å². The zero-order valence-electron chi connectivity index (χ0n) is 17.6. The zero-order chi connectivity index (χ0) is 23.3. The maximum atomic E-state index is 13.3. The van der Waals surface area contributed by atoms with E-state index in [0.717, 1.165) is 17.7 Å². The summed E-state index contributed by atoms with van der Waals surface area (Å²) in [6.07, 6.45) is -3.48. The number of alkyl halides is 3. The van der Waals surface area contributed by atoms with Crippen molar-refractivity contribution in [2.24, 2.45) is 5.92 Å². The summed E-state index contributed by atoms with van der Waals surface area (Å²) in [7, 11) is 0. The smallest absolute Gasteiger partial charge is 0.352 e. The number of anilines is 1. The van der Waals surface area contributed by atoms with Crippen molar-refractivity contribution in [3.63, 3.8) is 0 Å². The lowest BCUT2D eigenvalue weighted by molar-refractivity contribution is -0.137. The molecule has 9 heteroatoms. The van der Waals surface area contributed by atoms with E-state index in [4.69, 9.17) is 11.6 Å².